The quantitative estimate of drug-likeness (QED) is 0.200. The largest absolute Gasteiger partial charge is 0.474 e. The number of aromatic nitrogens is 1. The third kappa shape index (κ3) is 11.9. The van der Waals surface area contributed by atoms with Gasteiger partial charge in [-0.05, 0) is 158 Å². The molecule has 6 aliphatic heterocycles. The highest BCUT2D eigenvalue weighted by molar-refractivity contribution is 6.06. The summed E-state index contributed by atoms with van der Waals surface area (Å²) in [6.45, 7) is 16.6. The molecule has 2 unspecified atom stereocenters. The Morgan fingerprint density at radius 3 is 2.39 bits per heavy atom. The predicted octanol–water partition coefficient (Wildman–Crippen LogP) is 9.91. The number of hydrogen-bond acceptors (Lipinski definition) is 12. The zero-order valence-electron chi connectivity index (χ0n) is 42.6. The Hall–Kier alpha value is -6.22. The Labute approximate surface area is 419 Å². The number of Topliss-reactive ketones (excluding diaryl/α,β-unsaturated/α-hetero) is 1. The minimum atomic E-state index is -0.623. The van der Waals surface area contributed by atoms with Gasteiger partial charge in [0.1, 0.15) is 29.5 Å². The average Bonchev–Trinajstić information content (AvgIpc) is 3.50. The number of rotatable bonds is 10. The first-order valence-electron chi connectivity index (χ1n) is 26.3. The molecule has 2 atom stereocenters. The summed E-state index contributed by atoms with van der Waals surface area (Å²) >= 11 is 0. The minimum Gasteiger partial charge on any atom is -0.474 e. The summed E-state index contributed by atoms with van der Waals surface area (Å²) in [6, 6.07) is 16.6. The molecule has 15 heteroatoms. The number of allylic oxidation sites excluding steroid dienone is 2. The highest BCUT2D eigenvalue weighted by Gasteiger charge is 2.34. The second-order valence-electron chi connectivity index (χ2n) is 21.1. The normalized spacial score (nSPS) is 21.8. The molecule has 0 radical (unpaired) electrons. The van der Waals surface area contributed by atoms with Gasteiger partial charge in [0.05, 0.1) is 37.2 Å². The van der Waals surface area contributed by atoms with Crippen LogP contribution in [0.1, 0.15) is 122 Å². The molecule has 4 amide bonds. The first-order valence-corrected chi connectivity index (χ1v) is 26.3. The van der Waals surface area contributed by atoms with Crippen molar-refractivity contribution in [2.75, 3.05) is 90.4 Å². The van der Waals surface area contributed by atoms with Crippen LogP contribution in [0.25, 0.3) is 0 Å². The number of pyridine rings is 1. The van der Waals surface area contributed by atoms with Crippen molar-refractivity contribution in [2.24, 2.45) is 10.9 Å². The SMILES string of the molecule is CCC1=C(Nc2ccc(N3CCCCC(C(=O)CN4CCCCC(c5ccc(N6CCC(=O)NC6=O)cc5)CC4)CC3)cc2)N=C2CN(c3cnc4c(c3C)N(C(=O)OC(C)(C)C)CCO4)CCC2=CC1. The van der Waals surface area contributed by atoms with Gasteiger partial charge >= 0.3 is 12.1 Å². The number of nitrogens with zero attached hydrogens (tertiary/aromatic N) is 7. The van der Waals surface area contributed by atoms with Gasteiger partial charge in [0, 0.05) is 61.1 Å². The molecule has 0 bridgehead atoms. The first kappa shape index (κ1) is 49.7. The van der Waals surface area contributed by atoms with Crippen molar-refractivity contribution in [1.82, 2.24) is 15.2 Å². The van der Waals surface area contributed by atoms with Crippen molar-refractivity contribution in [3.63, 3.8) is 0 Å². The molecule has 4 fully saturated rings. The second kappa shape index (κ2) is 22.0. The molecule has 2 N–H and O–H groups in total. The molecule has 1 aromatic heterocycles. The number of ether oxygens (including phenoxy) is 2. The Morgan fingerprint density at radius 1 is 0.845 bits per heavy atom. The van der Waals surface area contributed by atoms with Crippen LogP contribution in [0.5, 0.6) is 5.88 Å². The van der Waals surface area contributed by atoms with Crippen molar-refractivity contribution in [3.8, 4) is 5.88 Å². The van der Waals surface area contributed by atoms with Gasteiger partial charge in [0.2, 0.25) is 11.8 Å². The lowest BCUT2D eigenvalue weighted by Gasteiger charge is -2.36. The van der Waals surface area contributed by atoms with Crippen LogP contribution >= 0.6 is 0 Å². The smallest absolute Gasteiger partial charge is 0.415 e. The Bertz CT molecular complexity index is 2550. The molecule has 0 saturated carbocycles. The number of imide groups is 1. The van der Waals surface area contributed by atoms with E-state index >= 15 is 0 Å². The number of piperidine rings is 1. The van der Waals surface area contributed by atoms with Crippen LogP contribution in [-0.2, 0) is 14.3 Å². The van der Waals surface area contributed by atoms with Gasteiger partial charge in [-0.15, -0.1) is 0 Å². The monoisotopic (exact) mass is 968 g/mol. The Kier molecular flexibility index (Phi) is 15.4. The topological polar surface area (TPSA) is 152 Å². The van der Waals surface area contributed by atoms with Gasteiger partial charge in [-0.2, -0.15) is 0 Å². The number of anilines is 5. The molecule has 15 nitrogen and oxygen atoms in total. The molecule has 71 heavy (non-hydrogen) atoms. The molecular formula is C56H73N9O6. The van der Waals surface area contributed by atoms with E-state index in [0.717, 1.165) is 138 Å². The molecule has 9 rings (SSSR count). The van der Waals surface area contributed by atoms with Crippen molar-refractivity contribution in [2.45, 2.75) is 123 Å². The van der Waals surface area contributed by atoms with Gasteiger partial charge in [0.25, 0.3) is 0 Å². The van der Waals surface area contributed by atoms with Crippen LogP contribution in [0.4, 0.5) is 38.0 Å². The van der Waals surface area contributed by atoms with Gasteiger partial charge in [-0.3, -0.25) is 29.6 Å². The predicted molar refractivity (Wildman–Crippen MR) is 281 cm³/mol. The van der Waals surface area contributed by atoms with E-state index in [4.69, 9.17) is 19.5 Å². The highest BCUT2D eigenvalue weighted by Crippen LogP contribution is 2.40. The summed E-state index contributed by atoms with van der Waals surface area (Å²) in [5, 5.41) is 6.12. The maximum atomic E-state index is 14.0. The van der Waals surface area contributed by atoms with E-state index in [1.165, 1.54) is 22.4 Å². The number of aliphatic imine (C=N–C) groups is 1. The third-order valence-corrected chi connectivity index (χ3v) is 15.1. The number of amides is 4. The molecule has 0 spiro atoms. The number of urea groups is 1. The van der Waals surface area contributed by atoms with E-state index in [-0.39, 0.29) is 17.9 Å². The van der Waals surface area contributed by atoms with Crippen LogP contribution in [0, 0.1) is 12.8 Å². The van der Waals surface area contributed by atoms with Crippen LogP contribution in [0.2, 0.25) is 0 Å². The molecule has 2 aromatic carbocycles. The number of hydrogen-bond donors (Lipinski definition) is 2. The molecule has 0 aliphatic carbocycles. The Morgan fingerprint density at radius 2 is 1.62 bits per heavy atom. The molecule has 4 saturated heterocycles. The fraction of sp³-hybridized carbons (Fsp3) is 0.536. The number of fused-ring (bicyclic) bond motifs is 2. The maximum absolute atomic E-state index is 14.0. The van der Waals surface area contributed by atoms with E-state index in [2.05, 4.69) is 74.7 Å². The van der Waals surface area contributed by atoms with Crippen molar-refractivity contribution in [1.29, 1.82) is 0 Å². The summed E-state index contributed by atoms with van der Waals surface area (Å²) < 4.78 is 11.7. The summed E-state index contributed by atoms with van der Waals surface area (Å²) in [5.41, 5.74) is 9.74. The number of nitrogens with one attached hydrogen (secondary N) is 2. The van der Waals surface area contributed by atoms with E-state index in [0.29, 0.717) is 62.5 Å². The van der Waals surface area contributed by atoms with Crippen LogP contribution in [0.15, 0.2) is 82.8 Å². The van der Waals surface area contributed by atoms with Crippen LogP contribution < -0.4 is 35.0 Å². The average molecular weight is 968 g/mol. The molecule has 7 heterocycles. The summed E-state index contributed by atoms with van der Waals surface area (Å²) in [7, 11) is 0. The molecule has 378 valence electrons. The lowest BCUT2D eigenvalue weighted by molar-refractivity contribution is -0.124. The third-order valence-electron chi connectivity index (χ3n) is 15.1. The zero-order valence-corrected chi connectivity index (χ0v) is 42.6. The number of ketones is 1. The lowest BCUT2D eigenvalue weighted by atomic mass is 9.88. The second-order valence-corrected chi connectivity index (χ2v) is 21.1. The summed E-state index contributed by atoms with van der Waals surface area (Å²) in [4.78, 5) is 71.9. The number of benzene rings is 2. The van der Waals surface area contributed by atoms with E-state index in [9.17, 15) is 19.2 Å². The minimum absolute atomic E-state index is 0.0612. The van der Waals surface area contributed by atoms with Crippen molar-refractivity contribution in [3.05, 3.63) is 88.9 Å². The molecule has 3 aromatic rings. The fourth-order valence-electron chi connectivity index (χ4n) is 11.1. The highest BCUT2D eigenvalue weighted by atomic mass is 16.6. The molecule has 6 aliphatic rings. The summed E-state index contributed by atoms with van der Waals surface area (Å²) in [5.74, 6) is 1.96. The van der Waals surface area contributed by atoms with Gasteiger partial charge in [-0.1, -0.05) is 38.0 Å². The van der Waals surface area contributed by atoms with Gasteiger partial charge in [0.15, 0.2) is 0 Å². The maximum Gasteiger partial charge on any atom is 0.415 e. The van der Waals surface area contributed by atoms with E-state index in [1.54, 1.807) is 9.80 Å². The van der Waals surface area contributed by atoms with Crippen LogP contribution in [0.3, 0.4) is 0 Å². The van der Waals surface area contributed by atoms with E-state index < -0.39 is 11.7 Å². The molecular weight excluding hydrogens is 895 g/mol. The standard InChI is InChI=1S/C56H73N9O6/c1-6-39-13-14-42-24-31-63(48-35-57-53-51(38(48)2)65(33-34-70-53)55(69)71-56(3,4)5)36-47(42)59-52(39)58-44-17-21-45(22-18-44)62-28-10-8-12-43(25-30-62)49(66)37-61-27-9-7-11-40(23-29-61)41-15-19-46(20-16-41)64-32-26-50(67)60-54(64)68/h14-22,35,40,43,58H,6-13,23-34,36-37H2,1-5H3,(H,60,67,68). The number of carbonyl (C=O) groups excluding carboxylic acids is 4. The number of carbonyl (C=O) groups is 4. The van der Waals surface area contributed by atoms with Crippen molar-refractivity contribution < 1.29 is 28.7 Å². The van der Waals surface area contributed by atoms with Gasteiger partial charge in [-0.25, -0.2) is 19.6 Å². The van der Waals surface area contributed by atoms with Gasteiger partial charge < -0.3 is 24.6 Å². The number of likely N-dealkylation sites (tertiary alicyclic amines) is 1. The van der Waals surface area contributed by atoms with E-state index in [1.807, 2.05) is 46.0 Å². The van der Waals surface area contributed by atoms with Crippen LogP contribution in [-0.4, -0.2) is 111 Å². The zero-order chi connectivity index (χ0) is 49.6. The lowest BCUT2D eigenvalue weighted by Crippen LogP contribution is -2.49. The first-order chi connectivity index (χ1) is 34.3. The Balaban J connectivity index is 0.800. The summed E-state index contributed by atoms with van der Waals surface area (Å²) in [6.07, 6.45) is 14.9. The van der Waals surface area contributed by atoms with Crippen molar-refractivity contribution >= 4 is 58.0 Å². The fourth-order valence-corrected chi connectivity index (χ4v) is 11.1.